The average molecular weight is 448 g/mol. The minimum Gasteiger partial charge on any atom is -0.353 e. The van der Waals surface area contributed by atoms with Gasteiger partial charge in [0.1, 0.15) is 0 Å². The van der Waals surface area contributed by atoms with Crippen LogP contribution in [0.3, 0.4) is 0 Å². The topological polar surface area (TPSA) is 44.4 Å². The molecule has 1 saturated carbocycles. The van der Waals surface area contributed by atoms with Crippen molar-refractivity contribution in [1.29, 1.82) is 0 Å². The second-order valence-electron chi connectivity index (χ2n) is 10.3. The number of carbonyl (C=O) groups is 1. The van der Waals surface area contributed by atoms with Crippen LogP contribution in [0.5, 0.6) is 0 Å². The first-order chi connectivity index (χ1) is 16.1. The molecule has 1 aliphatic heterocycles. The molecule has 2 aliphatic rings. The third-order valence-electron chi connectivity index (χ3n) is 7.28. The van der Waals surface area contributed by atoms with Gasteiger partial charge < -0.3 is 10.6 Å². The molecular formula is C29H41N3O. The molecule has 2 N–H and O–H groups in total. The van der Waals surface area contributed by atoms with Crippen molar-refractivity contribution < 1.29 is 4.79 Å². The maximum atomic E-state index is 13.2. The Kier molecular flexibility index (Phi) is 8.57. The first kappa shape index (κ1) is 24.0. The van der Waals surface area contributed by atoms with Gasteiger partial charge in [-0.3, -0.25) is 9.69 Å². The molecule has 2 fully saturated rings. The van der Waals surface area contributed by atoms with Crippen molar-refractivity contribution in [2.75, 3.05) is 13.1 Å². The molecule has 4 nitrogen and oxygen atoms in total. The van der Waals surface area contributed by atoms with Crippen LogP contribution in [0.2, 0.25) is 0 Å². The third kappa shape index (κ3) is 6.68. The first-order valence-corrected chi connectivity index (χ1v) is 13.0. The van der Waals surface area contributed by atoms with E-state index < -0.39 is 0 Å². The van der Waals surface area contributed by atoms with Crippen LogP contribution in [0.1, 0.15) is 75.8 Å². The van der Waals surface area contributed by atoms with Crippen LogP contribution in [-0.2, 0) is 4.79 Å². The number of amides is 1. The van der Waals surface area contributed by atoms with Crippen molar-refractivity contribution >= 4 is 5.91 Å². The molecule has 0 spiro atoms. The van der Waals surface area contributed by atoms with Gasteiger partial charge >= 0.3 is 0 Å². The normalized spacial score (nSPS) is 22.5. The van der Waals surface area contributed by atoms with E-state index in [-0.39, 0.29) is 23.9 Å². The molecule has 1 aliphatic carbocycles. The number of carbonyl (C=O) groups excluding carboxylic acids is 1. The quantitative estimate of drug-likeness (QED) is 0.554. The number of hydrogen-bond acceptors (Lipinski definition) is 3. The lowest BCUT2D eigenvalue weighted by molar-refractivity contribution is -0.126. The van der Waals surface area contributed by atoms with Crippen LogP contribution < -0.4 is 10.6 Å². The van der Waals surface area contributed by atoms with Crippen LogP contribution in [0.25, 0.3) is 0 Å². The molecule has 4 rings (SSSR count). The smallest absolute Gasteiger partial charge is 0.237 e. The van der Waals surface area contributed by atoms with Crippen LogP contribution in [0.15, 0.2) is 60.7 Å². The van der Waals surface area contributed by atoms with Crippen LogP contribution in [-0.4, -0.2) is 48.1 Å². The van der Waals surface area contributed by atoms with Gasteiger partial charge in [0.2, 0.25) is 5.91 Å². The monoisotopic (exact) mass is 447 g/mol. The van der Waals surface area contributed by atoms with Gasteiger partial charge in [0.15, 0.2) is 0 Å². The number of hydrogen-bond donors (Lipinski definition) is 2. The van der Waals surface area contributed by atoms with Crippen LogP contribution >= 0.6 is 0 Å². The van der Waals surface area contributed by atoms with Gasteiger partial charge in [0.25, 0.3) is 0 Å². The molecule has 0 bridgehead atoms. The Hall–Kier alpha value is -2.17. The Morgan fingerprint density at radius 3 is 2.00 bits per heavy atom. The summed E-state index contributed by atoms with van der Waals surface area (Å²) >= 11 is 0. The molecule has 178 valence electrons. The average Bonchev–Trinajstić information content (AvgIpc) is 3.04. The Bertz CT molecular complexity index is 806. The second-order valence-corrected chi connectivity index (χ2v) is 10.3. The van der Waals surface area contributed by atoms with Gasteiger partial charge in [-0.1, -0.05) is 86.3 Å². The zero-order valence-corrected chi connectivity index (χ0v) is 20.4. The predicted molar refractivity (Wildman–Crippen MR) is 136 cm³/mol. The number of rotatable bonds is 8. The van der Waals surface area contributed by atoms with E-state index in [0.717, 1.165) is 19.5 Å². The Balaban J connectivity index is 1.53. The fourth-order valence-corrected chi connectivity index (χ4v) is 5.67. The van der Waals surface area contributed by atoms with E-state index in [9.17, 15) is 4.79 Å². The lowest BCUT2D eigenvalue weighted by Crippen LogP contribution is -2.46. The Morgan fingerprint density at radius 2 is 1.45 bits per heavy atom. The molecule has 0 unspecified atom stereocenters. The molecule has 1 amide bonds. The second kappa shape index (κ2) is 11.8. The third-order valence-corrected chi connectivity index (χ3v) is 7.28. The van der Waals surface area contributed by atoms with E-state index in [1.54, 1.807) is 0 Å². The van der Waals surface area contributed by atoms with Gasteiger partial charge in [-0.15, -0.1) is 0 Å². The zero-order valence-electron chi connectivity index (χ0n) is 20.4. The van der Waals surface area contributed by atoms with Crippen molar-refractivity contribution in [3.8, 4) is 0 Å². The summed E-state index contributed by atoms with van der Waals surface area (Å²) in [5, 5.41) is 7.15. The molecular weight excluding hydrogens is 406 g/mol. The molecule has 2 aromatic carbocycles. The minimum absolute atomic E-state index is 0.0781. The van der Waals surface area contributed by atoms with Crippen molar-refractivity contribution in [2.24, 2.45) is 0 Å². The molecule has 4 heteroatoms. The summed E-state index contributed by atoms with van der Waals surface area (Å²) < 4.78 is 0. The van der Waals surface area contributed by atoms with Gasteiger partial charge in [-0.05, 0) is 44.2 Å². The van der Waals surface area contributed by atoms with Crippen LogP contribution in [0.4, 0.5) is 0 Å². The van der Waals surface area contributed by atoms with Crippen molar-refractivity contribution in [3.63, 3.8) is 0 Å². The molecule has 1 heterocycles. The lowest BCUT2D eigenvalue weighted by atomic mass is 9.90. The summed E-state index contributed by atoms with van der Waals surface area (Å²) in [6, 6.07) is 22.6. The largest absolute Gasteiger partial charge is 0.353 e. The number of likely N-dealkylation sites (tertiary alicyclic amines) is 1. The molecule has 2 atom stereocenters. The van der Waals surface area contributed by atoms with E-state index in [1.165, 1.54) is 49.7 Å². The highest BCUT2D eigenvalue weighted by molar-refractivity contribution is 5.82. The summed E-state index contributed by atoms with van der Waals surface area (Å²) in [6.45, 7) is 5.89. The Morgan fingerprint density at radius 1 is 0.879 bits per heavy atom. The summed E-state index contributed by atoms with van der Waals surface area (Å²) in [4.78, 5) is 15.7. The van der Waals surface area contributed by atoms with Gasteiger partial charge in [-0.2, -0.15) is 0 Å². The zero-order chi connectivity index (χ0) is 23.0. The number of nitrogens with zero attached hydrogens (tertiary/aromatic N) is 1. The van der Waals surface area contributed by atoms with E-state index >= 15 is 0 Å². The maximum absolute atomic E-state index is 13.2. The first-order valence-electron chi connectivity index (χ1n) is 13.0. The number of nitrogens with one attached hydrogen (secondary N) is 2. The summed E-state index contributed by atoms with van der Waals surface area (Å²) in [6.07, 6.45) is 8.83. The van der Waals surface area contributed by atoms with E-state index in [1.807, 2.05) is 0 Å². The summed E-state index contributed by atoms with van der Waals surface area (Å²) in [5.41, 5.74) is 2.62. The highest BCUT2D eigenvalue weighted by Gasteiger charge is 2.39. The molecule has 0 aromatic heterocycles. The van der Waals surface area contributed by atoms with Gasteiger partial charge in [-0.25, -0.2) is 0 Å². The highest BCUT2D eigenvalue weighted by atomic mass is 16.2. The van der Waals surface area contributed by atoms with Crippen molar-refractivity contribution in [1.82, 2.24) is 15.5 Å². The van der Waals surface area contributed by atoms with Crippen molar-refractivity contribution in [2.45, 2.75) is 88.9 Å². The fraction of sp³-hybridized carbons (Fsp3) is 0.552. The van der Waals surface area contributed by atoms with Gasteiger partial charge in [0, 0.05) is 37.1 Å². The van der Waals surface area contributed by atoms with Gasteiger partial charge in [0.05, 0.1) is 6.04 Å². The SMILES string of the molecule is CC(C)NC(=O)[C@@H]1C[C@@H](NC2CCCCCC2)CN1CC(c1ccccc1)c1ccccc1. The van der Waals surface area contributed by atoms with Crippen LogP contribution in [0, 0.1) is 0 Å². The van der Waals surface area contributed by atoms with E-state index in [2.05, 4.69) is 90.0 Å². The molecule has 33 heavy (non-hydrogen) atoms. The van der Waals surface area contributed by atoms with Crippen molar-refractivity contribution in [3.05, 3.63) is 71.8 Å². The molecule has 1 saturated heterocycles. The number of benzene rings is 2. The summed E-state index contributed by atoms with van der Waals surface area (Å²) in [5.74, 6) is 0.424. The van der Waals surface area contributed by atoms with E-state index in [0.29, 0.717) is 12.1 Å². The highest BCUT2D eigenvalue weighted by Crippen LogP contribution is 2.30. The standard InChI is InChI=1S/C29H41N3O/c1-22(2)30-29(33)28-19-26(31-25-17-11-3-4-12-18-25)20-32(28)21-27(23-13-7-5-8-14-23)24-15-9-6-10-16-24/h5-10,13-16,22,25-28,31H,3-4,11-12,17-21H2,1-2H3,(H,30,33)/t26-,28+/m1/s1. The van der Waals surface area contributed by atoms with E-state index in [4.69, 9.17) is 0 Å². The predicted octanol–water partition coefficient (Wildman–Crippen LogP) is 5.10. The fourth-order valence-electron chi connectivity index (χ4n) is 5.67. The Labute approximate surface area is 200 Å². The maximum Gasteiger partial charge on any atom is 0.237 e. The molecule has 0 radical (unpaired) electrons. The lowest BCUT2D eigenvalue weighted by Gasteiger charge is -2.29. The molecule has 2 aromatic rings. The minimum atomic E-state index is -0.0781. The summed E-state index contributed by atoms with van der Waals surface area (Å²) in [7, 11) is 0.